The molecule has 0 radical (unpaired) electrons. The van der Waals surface area contributed by atoms with Crippen molar-refractivity contribution in [2.45, 2.75) is 19.8 Å². The summed E-state index contributed by atoms with van der Waals surface area (Å²) >= 11 is 5.84. The molecule has 0 unspecified atom stereocenters. The van der Waals surface area contributed by atoms with E-state index in [-0.39, 0.29) is 11.9 Å². The molecule has 130 valence electrons. The number of hydrogen-bond donors (Lipinski definition) is 0. The maximum absolute atomic E-state index is 12.4. The maximum Gasteiger partial charge on any atom is 0.415 e. The topological polar surface area (TPSA) is 46.6 Å². The van der Waals surface area contributed by atoms with Crippen molar-refractivity contribution < 1.29 is 14.3 Å². The predicted molar refractivity (Wildman–Crippen MR) is 97.3 cm³/mol. The largest absolute Gasteiger partial charge is 0.415 e. The lowest BCUT2D eigenvalue weighted by atomic mass is 10.00. The van der Waals surface area contributed by atoms with Crippen LogP contribution in [0.4, 0.5) is 4.79 Å². The summed E-state index contributed by atoms with van der Waals surface area (Å²) in [6.07, 6.45) is 1.68. The average Bonchev–Trinajstić information content (AvgIpc) is 2.63. The number of rotatable bonds is 3. The van der Waals surface area contributed by atoms with Crippen molar-refractivity contribution in [1.82, 2.24) is 4.90 Å². The molecule has 0 saturated carbocycles. The monoisotopic (exact) mass is 357 g/mol. The Bertz CT molecular complexity index is 748. The van der Waals surface area contributed by atoms with E-state index in [1.54, 1.807) is 53.4 Å². The van der Waals surface area contributed by atoms with Crippen molar-refractivity contribution in [3.63, 3.8) is 0 Å². The van der Waals surface area contributed by atoms with Gasteiger partial charge in [0, 0.05) is 29.2 Å². The summed E-state index contributed by atoms with van der Waals surface area (Å²) in [5.74, 6) is 0.998. The molecule has 1 amide bonds. The molecule has 0 aliphatic carbocycles. The Kier molecular flexibility index (Phi) is 5.39. The lowest BCUT2D eigenvalue weighted by molar-refractivity contribution is 0.103. The van der Waals surface area contributed by atoms with Crippen molar-refractivity contribution >= 4 is 23.5 Å². The zero-order valence-corrected chi connectivity index (χ0v) is 14.8. The van der Waals surface area contributed by atoms with Crippen LogP contribution < -0.4 is 4.74 Å². The van der Waals surface area contributed by atoms with Crippen LogP contribution in [0.2, 0.25) is 5.02 Å². The molecule has 0 aromatic heterocycles. The highest BCUT2D eigenvalue weighted by molar-refractivity contribution is 6.30. The van der Waals surface area contributed by atoms with Gasteiger partial charge < -0.3 is 9.64 Å². The molecule has 3 rings (SSSR count). The lowest BCUT2D eigenvalue weighted by Crippen LogP contribution is -2.39. The lowest BCUT2D eigenvalue weighted by Gasteiger charge is -2.29. The molecule has 1 aliphatic rings. The third-order valence-corrected chi connectivity index (χ3v) is 4.72. The van der Waals surface area contributed by atoms with Gasteiger partial charge in [0.2, 0.25) is 0 Å². The molecule has 1 saturated heterocycles. The smallest absolute Gasteiger partial charge is 0.410 e. The van der Waals surface area contributed by atoms with Crippen molar-refractivity contribution in [2.75, 3.05) is 13.1 Å². The number of carbonyl (C=O) groups is 2. The van der Waals surface area contributed by atoms with E-state index in [1.807, 2.05) is 0 Å². The molecule has 0 bridgehead atoms. The summed E-state index contributed by atoms with van der Waals surface area (Å²) in [6, 6.07) is 13.4. The number of carbonyl (C=O) groups excluding carboxylic acids is 2. The Balaban J connectivity index is 1.63. The van der Waals surface area contributed by atoms with Gasteiger partial charge in [-0.25, -0.2) is 4.79 Å². The number of nitrogens with zero attached hydrogens (tertiary/aromatic N) is 1. The Labute approximate surface area is 152 Å². The number of halogens is 1. The van der Waals surface area contributed by atoms with Crippen molar-refractivity contribution in [3.05, 3.63) is 64.7 Å². The van der Waals surface area contributed by atoms with Gasteiger partial charge in [0.05, 0.1) is 0 Å². The SMILES string of the molecule is CC1CCN(C(=O)Oc2ccc(C(=O)c3ccc(Cl)cc3)cc2)CC1. The number of amides is 1. The van der Waals surface area contributed by atoms with E-state index < -0.39 is 0 Å². The molecule has 0 atom stereocenters. The highest BCUT2D eigenvalue weighted by Crippen LogP contribution is 2.20. The molecule has 2 aromatic carbocycles. The van der Waals surface area contributed by atoms with Crippen LogP contribution in [0.5, 0.6) is 5.75 Å². The van der Waals surface area contributed by atoms with E-state index in [1.165, 1.54) is 0 Å². The van der Waals surface area contributed by atoms with Gasteiger partial charge in [-0.15, -0.1) is 0 Å². The van der Waals surface area contributed by atoms with E-state index in [0.717, 1.165) is 25.9 Å². The molecule has 1 aliphatic heterocycles. The van der Waals surface area contributed by atoms with Gasteiger partial charge in [0.25, 0.3) is 0 Å². The van der Waals surface area contributed by atoms with E-state index in [2.05, 4.69) is 6.92 Å². The fourth-order valence-electron chi connectivity index (χ4n) is 2.80. The first kappa shape index (κ1) is 17.5. The molecular weight excluding hydrogens is 338 g/mol. The number of piperidine rings is 1. The molecule has 1 heterocycles. The molecular formula is C20H20ClNO3. The Hall–Kier alpha value is -2.33. The standard InChI is InChI=1S/C20H20ClNO3/c1-14-10-12-22(13-11-14)20(24)25-18-8-4-16(5-9-18)19(23)15-2-6-17(21)7-3-15/h2-9,14H,10-13H2,1H3. The average molecular weight is 358 g/mol. The Morgan fingerprint density at radius 2 is 1.48 bits per heavy atom. The Morgan fingerprint density at radius 1 is 0.960 bits per heavy atom. The van der Waals surface area contributed by atoms with Gasteiger partial charge in [-0.3, -0.25) is 4.79 Å². The van der Waals surface area contributed by atoms with Gasteiger partial charge in [0.15, 0.2) is 5.78 Å². The van der Waals surface area contributed by atoms with Crippen LogP contribution in [0.15, 0.2) is 48.5 Å². The molecule has 4 nitrogen and oxygen atoms in total. The number of ether oxygens (including phenoxy) is 1. The first-order chi connectivity index (χ1) is 12.0. The van der Waals surface area contributed by atoms with Gasteiger partial charge in [0.1, 0.15) is 5.75 Å². The summed E-state index contributed by atoms with van der Waals surface area (Å²) in [4.78, 5) is 26.3. The molecule has 25 heavy (non-hydrogen) atoms. The normalized spacial score (nSPS) is 15.0. The third-order valence-electron chi connectivity index (χ3n) is 4.47. The number of hydrogen-bond acceptors (Lipinski definition) is 3. The second kappa shape index (κ2) is 7.70. The number of likely N-dealkylation sites (tertiary alicyclic amines) is 1. The maximum atomic E-state index is 12.4. The van der Waals surface area contributed by atoms with Crippen LogP contribution >= 0.6 is 11.6 Å². The second-order valence-corrected chi connectivity index (χ2v) is 6.83. The van der Waals surface area contributed by atoms with E-state index in [0.29, 0.717) is 27.8 Å². The van der Waals surface area contributed by atoms with E-state index in [4.69, 9.17) is 16.3 Å². The highest BCUT2D eigenvalue weighted by atomic mass is 35.5. The summed E-state index contributed by atoms with van der Waals surface area (Å²) in [6.45, 7) is 3.65. The zero-order valence-electron chi connectivity index (χ0n) is 14.1. The van der Waals surface area contributed by atoms with Crippen molar-refractivity contribution in [1.29, 1.82) is 0 Å². The summed E-state index contributed by atoms with van der Waals surface area (Å²) in [7, 11) is 0. The zero-order chi connectivity index (χ0) is 17.8. The van der Waals surface area contributed by atoms with E-state index in [9.17, 15) is 9.59 Å². The van der Waals surface area contributed by atoms with Crippen LogP contribution in [0.3, 0.4) is 0 Å². The fraction of sp³-hybridized carbons (Fsp3) is 0.300. The van der Waals surface area contributed by atoms with Crippen LogP contribution in [0.1, 0.15) is 35.7 Å². The van der Waals surface area contributed by atoms with Crippen LogP contribution in [0, 0.1) is 5.92 Å². The van der Waals surface area contributed by atoms with E-state index >= 15 is 0 Å². The second-order valence-electron chi connectivity index (χ2n) is 6.40. The third kappa shape index (κ3) is 4.40. The van der Waals surface area contributed by atoms with Crippen LogP contribution in [-0.2, 0) is 0 Å². The highest BCUT2D eigenvalue weighted by Gasteiger charge is 2.21. The minimum atomic E-state index is -0.330. The number of benzene rings is 2. The predicted octanol–water partition coefficient (Wildman–Crippen LogP) is 4.80. The molecule has 2 aromatic rings. The molecule has 1 fully saturated rings. The van der Waals surface area contributed by atoms with Gasteiger partial charge in [-0.05, 0) is 67.3 Å². The van der Waals surface area contributed by atoms with Crippen LogP contribution in [-0.4, -0.2) is 29.9 Å². The van der Waals surface area contributed by atoms with Crippen LogP contribution in [0.25, 0.3) is 0 Å². The summed E-state index contributed by atoms with van der Waals surface area (Å²) in [5, 5.41) is 0.589. The van der Waals surface area contributed by atoms with Gasteiger partial charge in [-0.2, -0.15) is 0 Å². The van der Waals surface area contributed by atoms with Crippen molar-refractivity contribution in [3.8, 4) is 5.75 Å². The molecule has 0 spiro atoms. The van der Waals surface area contributed by atoms with Gasteiger partial charge in [-0.1, -0.05) is 18.5 Å². The quantitative estimate of drug-likeness (QED) is 0.741. The fourth-order valence-corrected chi connectivity index (χ4v) is 2.92. The minimum absolute atomic E-state index is 0.0976. The summed E-state index contributed by atoms with van der Waals surface area (Å²) in [5.41, 5.74) is 1.10. The molecule has 0 N–H and O–H groups in total. The number of ketones is 1. The van der Waals surface area contributed by atoms with Gasteiger partial charge >= 0.3 is 6.09 Å². The first-order valence-corrected chi connectivity index (χ1v) is 8.78. The van der Waals surface area contributed by atoms with Crippen molar-refractivity contribution in [2.24, 2.45) is 5.92 Å². The minimum Gasteiger partial charge on any atom is -0.410 e. The summed E-state index contributed by atoms with van der Waals surface area (Å²) < 4.78 is 5.40. The Morgan fingerprint density at radius 3 is 2.04 bits per heavy atom. The first-order valence-electron chi connectivity index (χ1n) is 8.40. The molecule has 5 heteroatoms.